The molecule has 1 aromatic heterocycles. The smallest absolute Gasteiger partial charge is 0.410 e. The zero-order valence-corrected chi connectivity index (χ0v) is 17.8. The molecule has 4 rings (SSSR count). The predicted octanol–water partition coefficient (Wildman–Crippen LogP) is 4.01. The summed E-state index contributed by atoms with van der Waals surface area (Å²) >= 11 is 3.29. The normalized spacial score (nSPS) is 20.0. The summed E-state index contributed by atoms with van der Waals surface area (Å²) < 4.78 is 22.2. The van der Waals surface area contributed by atoms with Crippen molar-refractivity contribution in [2.75, 3.05) is 19.6 Å². The number of hydrogen-bond acceptors (Lipinski definition) is 3. The van der Waals surface area contributed by atoms with E-state index < -0.39 is 11.4 Å². The molecule has 150 valence electrons. The molecule has 0 N–H and O–H groups in total. The van der Waals surface area contributed by atoms with E-state index in [1.54, 1.807) is 9.80 Å². The molecule has 2 aliphatic rings. The fraction of sp³-hybridized carbons (Fsp3) is 0.500. The van der Waals surface area contributed by atoms with Crippen LogP contribution >= 0.6 is 15.9 Å². The molecule has 0 saturated carbocycles. The Morgan fingerprint density at radius 1 is 1.29 bits per heavy atom. The van der Waals surface area contributed by atoms with Crippen molar-refractivity contribution < 1.29 is 18.7 Å². The highest BCUT2D eigenvalue weighted by Crippen LogP contribution is 2.34. The van der Waals surface area contributed by atoms with E-state index in [1.165, 1.54) is 6.07 Å². The Labute approximate surface area is 171 Å². The summed E-state index contributed by atoms with van der Waals surface area (Å²) in [6.07, 6.45) is 2.24. The molecular formula is C20H23BrFN3O3. The van der Waals surface area contributed by atoms with Gasteiger partial charge in [-0.05, 0) is 55.3 Å². The van der Waals surface area contributed by atoms with Crippen LogP contribution in [-0.4, -0.2) is 57.6 Å². The van der Waals surface area contributed by atoms with E-state index >= 15 is 0 Å². The van der Waals surface area contributed by atoms with Gasteiger partial charge in [0.15, 0.2) is 0 Å². The third-order valence-corrected chi connectivity index (χ3v) is 6.07. The molecule has 1 aromatic carbocycles. The average Bonchev–Trinajstić information content (AvgIpc) is 3.04. The van der Waals surface area contributed by atoms with Crippen molar-refractivity contribution in [3.8, 4) is 0 Å². The molecule has 0 unspecified atom stereocenters. The van der Waals surface area contributed by atoms with Crippen LogP contribution in [0.25, 0.3) is 10.9 Å². The molecule has 2 amide bonds. The first-order valence-corrected chi connectivity index (χ1v) is 10.2. The van der Waals surface area contributed by atoms with Crippen LogP contribution in [0.3, 0.4) is 0 Å². The molecule has 8 heteroatoms. The number of aromatic nitrogens is 1. The third kappa shape index (κ3) is 3.27. The number of hydrogen-bond donors (Lipinski definition) is 0. The van der Waals surface area contributed by atoms with Crippen molar-refractivity contribution in [2.24, 2.45) is 0 Å². The molecule has 2 aromatic rings. The van der Waals surface area contributed by atoms with Crippen LogP contribution < -0.4 is 0 Å². The average molecular weight is 452 g/mol. The Balaban J connectivity index is 1.65. The number of halogens is 2. The summed E-state index contributed by atoms with van der Waals surface area (Å²) in [6.45, 7) is 7.41. The van der Waals surface area contributed by atoms with Crippen LogP contribution in [0, 0.1) is 5.82 Å². The number of fused-ring (bicyclic) bond motifs is 1. The van der Waals surface area contributed by atoms with Crippen molar-refractivity contribution in [3.63, 3.8) is 0 Å². The number of piperazine rings is 1. The molecule has 3 heterocycles. The van der Waals surface area contributed by atoms with E-state index in [1.807, 2.05) is 37.6 Å². The summed E-state index contributed by atoms with van der Waals surface area (Å²) in [5.41, 5.74) is 0.563. The largest absolute Gasteiger partial charge is 0.444 e. The van der Waals surface area contributed by atoms with Crippen LogP contribution in [-0.2, 0) is 11.3 Å². The SMILES string of the molecule is CC(C)(C)OC(=O)N1CCN2C(=O)c3cc(F)c(Br)c4ccn(c34)CC[C@H]2C1. The quantitative estimate of drug-likeness (QED) is 0.607. The van der Waals surface area contributed by atoms with Crippen molar-refractivity contribution >= 4 is 38.8 Å². The van der Waals surface area contributed by atoms with Gasteiger partial charge in [0, 0.05) is 37.8 Å². The molecule has 0 bridgehead atoms. The topological polar surface area (TPSA) is 54.8 Å². The van der Waals surface area contributed by atoms with Gasteiger partial charge in [0.1, 0.15) is 11.4 Å². The van der Waals surface area contributed by atoms with Gasteiger partial charge in [-0.15, -0.1) is 0 Å². The number of benzene rings is 1. The molecule has 6 nitrogen and oxygen atoms in total. The molecule has 1 saturated heterocycles. The second kappa shape index (κ2) is 6.76. The van der Waals surface area contributed by atoms with Crippen molar-refractivity contribution in [1.82, 2.24) is 14.4 Å². The number of carbonyl (C=O) groups excluding carboxylic acids is 2. The first-order valence-electron chi connectivity index (χ1n) is 9.41. The number of carbonyl (C=O) groups is 2. The molecule has 1 fully saturated rings. The highest BCUT2D eigenvalue weighted by atomic mass is 79.9. The zero-order valence-electron chi connectivity index (χ0n) is 16.2. The number of amides is 2. The maximum Gasteiger partial charge on any atom is 0.410 e. The third-order valence-electron chi connectivity index (χ3n) is 5.26. The monoisotopic (exact) mass is 451 g/mol. The lowest BCUT2D eigenvalue weighted by atomic mass is 10.0. The number of nitrogens with zero attached hydrogens (tertiary/aromatic N) is 3. The van der Waals surface area contributed by atoms with E-state index in [0.717, 1.165) is 5.52 Å². The Morgan fingerprint density at radius 3 is 2.75 bits per heavy atom. The Bertz CT molecular complexity index is 966. The minimum atomic E-state index is -0.564. The van der Waals surface area contributed by atoms with Crippen LogP contribution in [0.15, 0.2) is 22.8 Å². The molecule has 2 aliphatic heterocycles. The van der Waals surface area contributed by atoms with Crippen molar-refractivity contribution in [2.45, 2.75) is 45.4 Å². The van der Waals surface area contributed by atoms with Gasteiger partial charge in [-0.1, -0.05) is 0 Å². The van der Waals surface area contributed by atoms with E-state index in [2.05, 4.69) is 15.9 Å². The van der Waals surface area contributed by atoms with E-state index in [9.17, 15) is 14.0 Å². The summed E-state index contributed by atoms with van der Waals surface area (Å²) in [5.74, 6) is -0.636. The van der Waals surface area contributed by atoms with Gasteiger partial charge < -0.3 is 19.1 Å². The van der Waals surface area contributed by atoms with E-state index in [4.69, 9.17) is 4.74 Å². The van der Waals surface area contributed by atoms with Gasteiger partial charge >= 0.3 is 6.09 Å². The van der Waals surface area contributed by atoms with Crippen LogP contribution in [0.5, 0.6) is 0 Å². The van der Waals surface area contributed by atoms with Crippen LogP contribution in [0.4, 0.5) is 9.18 Å². The fourth-order valence-electron chi connectivity index (χ4n) is 3.99. The summed E-state index contributed by atoms with van der Waals surface area (Å²) in [6, 6.07) is 3.01. The molecule has 0 spiro atoms. The fourth-order valence-corrected chi connectivity index (χ4v) is 4.43. The Morgan fingerprint density at radius 2 is 2.04 bits per heavy atom. The maximum atomic E-state index is 14.4. The maximum absolute atomic E-state index is 14.4. The Hall–Kier alpha value is -2.09. The lowest BCUT2D eigenvalue weighted by Crippen LogP contribution is -2.57. The first-order chi connectivity index (χ1) is 13.2. The second-order valence-corrected chi connectivity index (χ2v) is 9.15. The lowest BCUT2D eigenvalue weighted by molar-refractivity contribution is 0.00286. The van der Waals surface area contributed by atoms with Crippen molar-refractivity contribution in [1.29, 1.82) is 0 Å². The summed E-state index contributed by atoms with van der Waals surface area (Å²) in [5, 5.41) is 0.703. The summed E-state index contributed by atoms with van der Waals surface area (Å²) in [7, 11) is 0. The van der Waals surface area contributed by atoms with Crippen LogP contribution in [0.2, 0.25) is 0 Å². The number of ether oxygens (including phenoxy) is 1. The predicted molar refractivity (Wildman–Crippen MR) is 107 cm³/mol. The van der Waals surface area contributed by atoms with Gasteiger partial charge in [0.05, 0.1) is 21.6 Å². The first kappa shape index (κ1) is 19.2. The second-order valence-electron chi connectivity index (χ2n) is 8.36. The highest BCUT2D eigenvalue weighted by molar-refractivity contribution is 9.10. The minimum absolute atomic E-state index is 0.133. The van der Waals surface area contributed by atoms with E-state index in [-0.39, 0.29) is 18.0 Å². The molecule has 28 heavy (non-hydrogen) atoms. The molecular weight excluding hydrogens is 429 g/mol. The highest BCUT2D eigenvalue weighted by Gasteiger charge is 2.37. The lowest BCUT2D eigenvalue weighted by Gasteiger charge is -2.42. The summed E-state index contributed by atoms with van der Waals surface area (Å²) in [4.78, 5) is 29.2. The number of rotatable bonds is 0. The minimum Gasteiger partial charge on any atom is -0.444 e. The van der Waals surface area contributed by atoms with Gasteiger partial charge in [-0.2, -0.15) is 0 Å². The van der Waals surface area contributed by atoms with Gasteiger partial charge in [-0.3, -0.25) is 4.79 Å². The van der Waals surface area contributed by atoms with Crippen LogP contribution in [0.1, 0.15) is 37.6 Å². The zero-order chi connectivity index (χ0) is 20.2. The Kier molecular flexibility index (Phi) is 4.64. The van der Waals surface area contributed by atoms with Crippen molar-refractivity contribution in [3.05, 3.63) is 34.2 Å². The molecule has 1 atom stereocenters. The van der Waals surface area contributed by atoms with E-state index in [0.29, 0.717) is 48.0 Å². The molecule has 0 aliphatic carbocycles. The van der Waals surface area contributed by atoms with Gasteiger partial charge in [0.2, 0.25) is 0 Å². The molecule has 0 radical (unpaired) electrons. The van der Waals surface area contributed by atoms with Gasteiger partial charge in [-0.25, -0.2) is 9.18 Å². The number of aryl methyl sites for hydroxylation is 1. The van der Waals surface area contributed by atoms with Gasteiger partial charge in [0.25, 0.3) is 5.91 Å². The standard InChI is InChI=1S/C20H23BrFN3O3/c1-20(2,3)28-19(27)24-8-9-25-12(11-24)4-6-23-7-5-13-16(21)15(22)10-14(17(13)23)18(25)26/h5,7,10,12H,4,6,8-9,11H2,1-3H3/t12-/m0/s1.